The number of nitrogens with zero attached hydrogens (tertiary/aromatic N) is 2. The summed E-state index contributed by atoms with van der Waals surface area (Å²) in [5.74, 6) is 0.904. The molecular weight excluding hydrogens is 280 g/mol. The molecule has 1 fully saturated rings. The van der Waals surface area contributed by atoms with Crippen LogP contribution in [0.15, 0.2) is 4.99 Å². The van der Waals surface area contributed by atoms with Crippen molar-refractivity contribution in [1.82, 2.24) is 15.5 Å². The highest BCUT2D eigenvalue weighted by Crippen LogP contribution is 2.12. The van der Waals surface area contributed by atoms with Gasteiger partial charge in [-0.2, -0.15) is 0 Å². The summed E-state index contributed by atoms with van der Waals surface area (Å²) in [4.78, 5) is 7.11. The molecule has 0 atom stereocenters. The molecule has 0 aromatic heterocycles. The van der Waals surface area contributed by atoms with E-state index in [0.29, 0.717) is 38.4 Å². The van der Waals surface area contributed by atoms with Crippen LogP contribution >= 0.6 is 0 Å². The number of nitrogens with one attached hydrogen (secondary N) is 2. The van der Waals surface area contributed by atoms with Crippen molar-refractivity contribution in [2.24, 2.45) is 4.99 Å². The summed E-state index contributed by atoms with van der Waals surface area (Å²) in [5.41, 5.74) is 0. The van der Waals surface area contributed by atoms with Crippen LogP contribution in [-0.2, 0) is 9.47 Å². The van der Waals surface area contributed by atoms with Crippen LogP contribution in [-0.4, -0.2) is 76.1 Å². The van der Waals surface area contributed by atoms with Gasteiger partial charge in [-0.15, -0.1) is 0 Å². The molecule has 1 aliphatic heterocycles. The van der Waals surface area contributed by atoms with E-state index in [1.807, 2.05) is 0 Å². The smallest absolute Gasteiger partial charge is 0.191 e. The molecule has 0 aromatic rings. The third-order valence-electron chi connectivity index (χ3n) is 3.88. The predicted molar refractivity (Wildman–Crippen MR) is 91.5 cm³/mol. The van der Waals surface area contributed by atoms with Gasteiger partial charge < -0.3 is 25.0 Å². The highest BCUT2D eigenvalue weighted by molar-refractivity contribution is 5.80. The van der Waals surface area contributed by atoms with E-state index in [4.69, 9.17) is 9.47 Å². The topological polar surface area (TPSA) is 58.1 Å². The van der Waals surface area contributed by atoms with Gasteiger partial charge in [0.25, 0.3) is 0 Å². The van der Waals surface area contributed by atoms with Crippen LogP contribution in [0.5, 0.6) is 0 Å². The van der Waals surface area contributed by atoms with Gasteiger partial charge in [-0.25, -0.2) is 0 Å². The highest BCUT2D eigenvalue weighted by atomic mass is 16.5. The fourth-order valence-corrected chi connectivity index (χ4v) is 2.54. The number of piperidine rings is 1. The van der Waals surface area contributed by atoms with E-state index in [-0.39, 0.29) is 0 Å². The molecule has 0 radical (unpaired) electrons. The molecule has 1 saturated heterocycles. The lowest BCUT2D eigenvalue weighted by Gasteiger charge is -2.35. The van der Waals surface area contributed by atoms with Gasteiger partial charge in [0.05, 0.1) is 26.4 Å². The molecule has 1 heterocycles. The van der Waals surface area contributed by atoms with Crippen LogP contribution in [0.25, 0.3) is 0 Å². The van der Waals surface area contributed by atoms with E-state index < -0.39 is 0 Å². The normalized spacial score (nSPS) is 18.0. The maximum Gasteiger partial charge on any atom is 0.191 e. The number of ether oxygens (including phenoxy) is 2. The largest absolute Gasteiger partial charge is 0.382 e. The summed E-state index contributed by atoms with van der Waals surface area (Å²) in [5, 5.41) is 6.86. The summed E-state index contributed by atoms with van der Waals surface area (Å²) in [7, 11) is 1.68. The van der Waals surface area contributed by atoms with Crippen LogP contribution in [0.2, 0.25) is 0 Å². The molecule has 22 heavy (non-hydrogen) atoms. The molecule has 0 spiro atoms. The number of hydrogen-bond acceptors (Lipinski definition) is 4. The zero-order chi connectivity index (χ0) is 16.2. The van der Waals surface area contributed by atoms with Crippen LogP contribution in [0.1, 0.15) is 33.6 Å². The molecule has 1 aliphatic rings. The quantitative estimate of drug-likeness (QED) is 0.379. The summed E-state index contributed by atoms with van der Waals surface area (Å²) < 4.78 is 10.4. The van der Waals surface area contributed by atoms with Gasteiger partial charge in [-0.3, -0.25) is 4.99 Å². The van der Waals surface area contributed by atoms with E-state index >= 15 is 0 Å². The molecule has 0 unspecified atom stereocenters. The summed E-state index contributed by atoms with van der Waals surface area (Å²) in [6.07, 6.45) is 2.35. The number of hydrogen-bond donors (Lipinski definition) is 2. The first-order valence-electron chi connectivity index (χ1n) is 8.53. The van der Waals surface area contributed by atoms with Crippen molar-refractivity contribution in [3.8, 4) is 0 Å². The van der Waals surface area contributed by atoms with E-state index in [1.165, 1.54) is 12.8 Å². The minimum atomic E-state index is 0.516. The number of methoxy groups -OCH3 is 1. The Labute approximate surface area is 135 Å². The van der Waals surface area contributed by atoms with Gasteiger partial charge in [0.1, 0.15) is 0 Å². The lowest BCUT2D eigenvalue weighted by Crippen LogP contribution is -2.49. The first-order valence-corrected chi connectivity index (χ1v) is 8.53. The Hall–Kier alpha value is -0.850. The summed E-state index contributed by atoms with van der Waals surface area (Å²) >= 11 is 0. The average molecular weight is 314 g/mol. The Balaban J connectivity index is 2.28. The molecular formula is C16H34N4O2. The molecule has 0 bridgehead atoms. The van der Waals surface area contributed by atoms with Crippen molar-refractivity contribution in [2.45, 2.75) is 45.7 Å². The number of likely N-dealkylation sites (tertiary alicyclic amines) is 1. The van der Waals surface area contributed by atoms with Gasteiger partial charge >= 0.3 is 0 Å². The lowest BCUT2D eigenvalue weighted by molar-refractivity contribution is 0.0748. The molecule has 6 nitrogen and oxygen atoms in total. The second-order valence-electron chi connectivity index (χ2n) is 5.91. The fraction of sp³-hybridized carbons (Fsp3) is 0.938. The van der Waals surface area contributed by atoms with E-state index in [9.17, 15) is 0 Å². The highest BCUT2D eigenvalue weighted by Gasteiger charge is 2.21. The van der Waals surface area contributed by atoms with Gasteiger partial charge in [-0.05, 0) is 33.6 Å². The molecule has 0 saturated carbocycles. The first kappa shape index (κ1) is 19.2. The van der Waals surface area contributed by atoms with Crippen molar-refractivity contribution in [3.63, 3.8) is 0 Å². The minimum Gasteiger partial charge on any atom is -0.382 e. The van der Waals surface area contributed by atoms with Crippen molar-refractivity contribution >= 4 is 5.96 Å². The maximum absolute atomic E-state index is 5.44. The second-order valence-corrected chi connectivity index (χ2v) is 5.91. The van der Waals surface area contributed by atoms with Crippen LogP contribution in [0, 0.1) is 0 Å². The number of rotatable bonds is 9. The van der Waals surface area contributed by atoms with Gasteiger partial charge in [-0.1, -0.05) is 0 Å². The van der Waals surface area contributed by atoms with E-state index in [1.54, 1.807) is 7.11 Å². The van der Waals surface area contributed by atoms with Crippen molar-refractivity contribution in [2.75, 3.05) is 53.1 Å². The van der Waals surface area contributed by atoms with Crippen LogP contribution in [0.4, 0.5) is 0 Å². The monoisotopic (exact) mass is 314 g/mol. The molecule has 1 rings (SSSR count). The summed E-state index contributed by atoms with van der Waals surface area (Å²) in [6.45, 7) is 12.4. The molecule has 0 aromatic carbocycles. The van der Waals surface area contributed by atoms with Gasteiger partial charge in [0.15, 0.2) is 5.96 Å². The Bertz CT molecular complexity index is 303. The Morgan fingerprint density at radius 3 is 2.55 bits per heavy atom. The zero-order valence-corrected chi connectivity index (χ0v) is 14.7. The SMILES string of the molecule is CCNC(=NCCOCCOC)NC1CCN(C(C)C)CC1. The predicted octanol–water partition coefficient (Wildman–Crippen LogP) is 1.08. The van der Waals surface area contributed by atoms with Crippen molar-refractivity contribution in [3.05, 3.63) is 0 Å². The third-order valence-corrected chi connectivity index (χ3v) is 3.88. The maximum atomic E-state index is 5.44. The standard InChI is InChI=1S/C16H34N4O2/c1-5-17-16(18-8-11-22-13-12-21-4)19-15-6-9-20(10-7-15)14(2)3/h14-15H,5-13H2,1-4H3,(H2,17,18,19). The zero-order valence-electron chi connectivity index (χ0n) is 14.7. The molecule has 6 heteroatoms. The second kappa shape index (κ2) is 11.7. The Morgan fingerprint density at radius 2 is 1.95 bits per heavy atom. The Morgan fingerprint density at radius 1 is 1.23 bits per heavy atom. The molecule has 0 amide bonds. The van der Waals surface area contributed by atoms with Crippen LogP contribution < -0.4 is 10.6 Å². The third kappa shape index (κ3) is 7.96. The van der Waals surface area contributed by atoms with Gasteiger partial charge in [0, 0.05) is 38.8 Å². The minimum absolute atomic E-state index is 0.516. The van der Waals surface area contributed by atoms with Gasteiger partial charge in [0.2, 0.25) is 0 Å². The van der Waals surface area contributed by atoms with Crippen LogP contribution in [0.3, 0.4) is 0 Å². The van der Waals surface area contributed by atoms with Crippen molar-refractivity contribution < 1.29 is 9.47 Å². The lowest BCUT2D eigenvalue weighted by atomic mass is 10.0. The first-order chi connectivity index (χ1) is 10.7. The summed E-state index contributed by atoms with van der Waals surface area (Å²) in [6, 6.07) is 1.16. The average Bonchev–Trinajstić information content (AvgIpc) is 2.51. The Kier molecular flexibility index (Phi) is 10.2. The number of guanidine groups is 1. The molecule has 2 N–H and O–H groups in total. The number of aliphatic imine (C=N–C) groups is 1. The fourth-order valence-electron chi connectivity index (χ4n) is 2.54. The van der Waals surface area contributed by atoms with Crippen molar-refractivity contribution in [1.29, 1.82) is 0 Å². The van der Waals surface area contributed by atoms with E-state index in [0.717, 1.165) is 25.6 Å². The molecule has 0 aliphatic carbocycles. The van der Waals surface area contributed by atoms with E-state index in [2.05, 4.69) is 41.3 Å². The molecule has 130 valence electrons.